The molecule has 0 fully saturated rings. The zero-order valence-corrected chi connectivity index (χ0v) is 16.9. The third-order valence-electron chi connectivity index (χ3n) is 4.49. The van der Waals surface area contributed by atoms with E-state index in [1.165, 1.54) is 55.5 Å². The molecule has 0 saturated carbocycles. The number of aldehydes is 1. The SMILES string of the molecule is CCC[CH2][Sn]([CH2]CCC)([CH2]CCC)[c]1cc(C=O)ccn1. The van der Waals surface area contributed by atoms with Gasteiger partial charge in [0.1, 0.15) is 0 Å². The molecule has 2 nitrogen and oxygen atoms in total. The first-order valence-electron chi connectivity index (χ1n) is 8.64. The Kier molecular flexibility index (Phi) is 9.21. The number of rotatable bonds is 11. The van der Waals surface area contributed by atoms with Crippen LogP contribution in [0.4, 0.5) is 0 Å². The average molecular weight is 396 g/mol. The van der Waals surface area contributed by atoms with E-state index < -0.39 is 18.4 Å². The molecule has 0 radical (unpaired) electrons. The first kappa shape index (κ1) is 18.7. The van der Waals surface area contributed by atoms with E-state index in [1.54, 1.807) is 0 Å². The molecule has 0 aliphatic rings. The van der Waals surface area contributed by atoms with Crippen LogP contribution in [0, 0.1) is 0 Å². The number of carbonyl (C=O) groups excluding carboxylic acids is 1. The van der Waals surface area contributed by atoms with Crippen LogP contribution in [0.15, 0.2) is 18.3 Å². The summed E-state index contributed by atoms with van der Waals surface area (Å²) in [4.78, 5) is 15.9. The number of aromatic nitrogens is 1. The Labute approximate surface area is 134 Å². The number of pyridine rings is 1. The molecule has 0 aromatic carbocycles. The minimum absolute atomic E-state index is 0.811. The Morgan fingerprint density at radius 1 is 1.00 bits per heavy atom. The van der Waals surface area contributed by atoms with Crippen molar-refractivity contribution >= 4 is 28.4 Å². The van der Waals surface area contributed by atoms with Crippen LogP contribution in [-0.4, -0.2) is 29.6 Å². The van der Waals surface area contributed by atoms with Crippen LogP contribution >= 0.6 is 0 Å². The summed E-state index contributed by atoms with van der Waals surface area (Å²) in [7, 11) is 0. The summed E-state index contributed by atoms with van der Waals surface area (Å²) < 4.78 is 5.56. The third kappa shape index (κ3) is 5.72. The molecule has 0 N–H and O–H groups in total. The van der Waals surface area contributed by atoms with E-state index in [1.807, 2.05) is 12.3 Å². The molecule has 1 rings (SSSR count). The summed E-state index contributed by atoms with van der Waals surface area (Å²) in [5.41, 5.74) is 0.811. The quantitative estimate of drug-likeness (QED) is 0.392. The predicted octanol–water partition coefficient (Wildman–Crippen LogP) is 4.95. The molecule has 3 heteroatoms. The Balaban J connectivity index is 3.11. The van der Waals surface area contributed by atoms with Gasteiger partial charge in [0, 0.05) is 0 Å². The molecule has 1 aromatic heterocycles. The van der Waals surface area contributed by atoms with Crippen molar-refractivity contribution in [1.29, 1.82) is 0 Å². The molecule has 0 aliphatic carbocycles. The summed E-state index contributed by atoms with van der Waals surface area (Å²) >= 11 is -2.43. The van der Waals surface area contributed by atoms with Crippen molar-refractivity contribution in [3.05, 3.63) is 23.9 Å². The van der Waals surface area contributed by atoms with Crippen LogP contribution in [0.5, 0.6) is 0 Å². The van der Waals surface area contributed by atoms with Crippen molar-refractivity contribution in [2.45, 2.75) is 72.6 Å². The van der Waals surface area contributed by atoms with Gasteiger partial charge >= 0.3 is 135 Å². The van der Waals surface area contributed by atoms with Crippen molar-refractivity contribution in [3.63, 3.8) is 0 Å². The second-order valence-electron chi connectivity index (χ2n) is 6.18. The van der Waals surface area contributed by atoms with Crippen molar-refractivity contribution in [2.75, 3.05) is 0 Å². The van der Waals surface area contributed by atoms with Crippen molar-refractivity contribution in [1.82, 2.24) is 4.98 Å². The molecule has 21 heavy (non-hydrogen) atoms. The van der Waals surface area contributed by atoms with Gasteiger partial charge in [-0.3, -0.25) is 0 Å². The fourth-order valence-corrected chi connectivity index (χ4v) is 18.6. The van der Waals surface area contributed by atoms with Gasteiger partial charge in [-0.05, 0) is 0 Å². The molecule has 118 valence electrons. The molecular weight excluding hydrogens is 365 g/mol. The van der Waals surface area contributed by atoms with Gasteiger partial charge < -0.3 is 0 Å². The Hall–Kier alpha value is -0.381. The number of unbranched alkanes of at least 4 members (excludes halogenated alkanes) is 3. The van der Waals surface area contributed by atoms with Crippen molar-refractivity contribution in [2.24, 2.45) is 0 Å². The summed E-state index contributed by atoms with van der Waals surface area (Å²) in [6.07, 6.45) is 10.6. The van der Waals surface area contributed by atoms with Crippen LogP contribution in [0.25, 0.3) is 0 Å². The van der Waals surface area contributed by atoms with Gasteiger partial charge in [-0.25, -0.2) is 0 Å². The zero-order chi connectivity index (χ0) is 15.6. The number of hydrogen-bond donors (Lipinski definition) is 0. The van der Waals surface area contributed by atoms with Crippen LogP contribution in [0.2, 0.25) is 13.3 Å². The molecule has 1 aromatic rings. The van der Waals surface area contributed by atoms with E-state index in [9.17, 15) is 4.79 Å². The maximum absolute atomic E-state index is 11.1. The number of carbonyl (C=O) groups is 1. The summed E-state index contributed by atoms with van der Waals surface area (Å²) in [5, 5.41) is 0. The molecule has 0 bridgehead atoms. The standard InChI is InChI=1S/C6H4NO.3C4H9.Sn/c8-5-6-1-3-7-4-2-6;3*1-3-4-2;/h1-3,5H;3*1,3-4H2,2H3;. The van der Waals surface area contributed by atoms with Crippen LogP contribution in [0.1, 0.15) is 69.7 Å². The molecular formula is C18H31NOSn. The first-order chi connectivity index (χ1) is 10.2. The average Bonchev–Trinajstić information content (AvgIpc) is 2.54. The third-order valence-corrected chi connectivity index (χ3v) is 19.6. The first-order valence-corrected chi connectivity index (χ1v) is 16.1. The van der Waals surface area contributed by atoms with Crippen molar-refractivity contribution in [3.8, 4) is 0 Å². The van der Waals surface area contributed by atoms with E-state index in [0.29, 0.717) is 0 Å². The molecule has 0 amide bonds. The monoisotopic (exact) mass is 397 g/mol. The second-order valence-corrected chi connectivity index (χ2v) is 19.2. The van der Waals surface area contributed by atoms with Gasteiger partial charge in [0.25, 0.3) is 0 Å². The van der Waals surface area contributed by atoms with E-state index in [-0.39, 0.29) is 0 Å². The topological polar surface area (TPSA) is 30.0 Å². The van der Waals surface area contributed by atoms with Crippen LogP contribution in [-0.2, 0) is 0 Å². The van der Waals surface area contributed by atoms with Crippen LogP contribution in [0.3, 0.4) is 0 Å². The molecule has 0 saturated heterocycles. The Bertz CT molecular complexity index is 398. The number of nitrogens with zero attached hydrogens (tertiary/aromatic N) is 1. The van der Waals surface area contributed by atoms with Gasteiger partial charge in [0.2, 0.25) is 0 Å². The van der Waals surface area contributed by atoms with Gasteiger partial charge in [-0.2, -0.15) is 0 Å². The van der Waals surface area contributed by atoms with E-state index in [4.69, 9.17) is 4.98 Å². The molecule has 0 aliphatic heterocycles. The van der Waals surface area contributed by atoms with E-state index in [2.05, 4.69) is 26.8 Å². The summed E-state index contributed by atoms with van der Waals surface area (Å²) in [6.45, 7) is 6.85. The van der Waals surface area contributed by atoms with Gasteiger partial charge in [-0.1, -0.05) is 0 Å². The molecule has 0 atom stereocenters. The van der Waals surface area contributed by atoms with Gasteiger partial charge in [0.15, 0.2) is 0 Å². The predicted molar refractivity (Wildman–Crippen MR) is 94.2 cm³/mol. The van der Waals surface area contributed by atoms with Crippen molar-refractivity contribution < 1.29 is 4.79 Å². The molecule has 1 heterocycles. The fraction of sp³-hybridized carbons (Fsp3) is 0.667. The number of hydrogen-bond acceptors (Lipinski definition) is 2. The van der Waals surface area contributed by atoms with E-state index in [0.717, 1.165) is 11.8 Å². The Morgan fingerprint density at radius 2 is 1.52 bits per heavy atom. The van der Waals surface area contributed by atoms with Gasteiger partial charge in [0.05, 0.1) is 0 Å². The van der Waals surface area contributed by atoms with Crippen LogP contribution < -0.4 is 3.71 Å². The van der Waals surface area contributed by atoms with E-state index >= 15 is 0 Å². The second kappa shape index (κ2) is 10.4. The summed E-state index contributed by atoms with van der Waals surface area (Å²) in [6, 6.07) is 3.96. The molecule has 0 unspecified atom stereocenters. The molecule has 0 spiro atoms. The summed E-state index contributed by atoms with van der Waals surface area (Å²) in [5.74, 6) is 0. The van der Waals surface area contributed by atoms with Gasteiger partial charge in [-0.15, -0.1) is 0 Å². The normalized spacial score (nSPS) is 11.6. The fourth-order valence-electron chi connectivity index (χ4n) is 3.11. The Morgan fingerprint density at radius 3 is 1.95 bits per heavy atom. The minimum atomic E-state index is -2.43. The zero-order valence-electron chi connectivity index (χ0n) is 14.0. The maximum atomic E-state index is 11.1.